The summed E-state index contributed by atoms with van der Waals surface area (Å²) >= 11 is 11.6. The Kier molecular flexibility index (Phi) is 6.16. The molecule has 0 saturated heterocycles. The lowest BCUT2D eigenvalue weighted by molar-refractivity contribution is -0.183. The molecule has 0 bridgehead atoms. The monoisotopic (exact) mass is 511 g/mol. The number of hydrogen-bond donors (Lipinski definition) is 1. The second-order valence-corrected chi connectivity index (χ2v) is 9.69. The van der Waals surface area contributed by atoms with Gasteiger partial charge < -0.3 is 5.32 Å². The molecule has 1 N–H and O–H groups in total. The minimum Gasteiger partial charge on any atom is -0.350 e. The lowest BCUT2D eigenvalue weighted by Crippen LogP contribution is -2.43. The van der Waals surface area contributed by atoms with Gasteiger partial charge >= 0.3 is 6.18 Å². The predicted molar refractivity (Wildman–Crippen MR) is 121 cm³/mol. The smallest absolute Gasteiger partial charge is 0.350 e. The van der Waals surface area contributed by atoms with Gasteiger partial charge in [0.15, 0.2) is 5.82 Å². The van der Waals surface area contributed by atoms with Gasteiger partial charge in [0.25, 0.3) is 5.91 Å². The Morgan fingerprint density at radius 2 is 1.85 bits per heavy atom. The van der Waals surface area contributed by atoms with Gasteiger partial charge in [-0.25, -0.2) is 4.39 Å². The summed E-state index contributed by atoms with van der Waals surface area (Å²) in [6.45, 7) is 1.34. The van der Waals surface area contributed by atoms with Crippen LogP contribution in [0.15, 0.2) is 35.3 Å². The number of rotatable bonds is 5. The molecule has 2 aliphatic rings. The number of aryl methyl sites for hydroxylation is 1. The molecule has 1 heterocycles. The number of carbonyl (C=O) groups excluding carboxylic acids is 1. The van der Waals surface area contributed by atoms with Crippen molar-refractivity contribution in [3.05, 3.63) is 68.4 Å². The maximum absolute atomic E-state index is 14.3. The van der Waals surface area contributed by atoms with Crippen LogP contribution < -0.4 is 5.32 Å². The summed E-state index contributed by atoms with van der Waals surface area (Å²) in [5.41, 5.74) is -1.54. The molecule has 1 saturated carbocycles. The topological polar surface area (TPSA) is 65.2 Å². The van der Waals surface area contributed by atoms with Gasteiger partial charge in [-0.2, -0.15) is 18.4 Å². The molecule has 1 fully saturated rings. The largest absolute Gasteiger partial charge is 0.400 e. The Morgan fingerprint density at radius 3 is 2.38 bits per heavy atom. The second-order valence-electron chi connectivity index (χ2n) is 8.88. The van der Waals surface area contributed by atoms with Crippen molar-refractivity contribution in [3.63, 3.8) is 0 Å². The molecule has 0 spiro atoms. The number of nitriles is 1. The average molecular weight is 512 g/mol. The first-order chi connectivity index (χ1) is 15.9. The number of benzene rings is 2. The number of hydrogen-bond acceptors (Lipinski definition) is 3. The molecule has 1 aliphatic carbocycles. The molecule has 10 heteroatoms. The maximum atomic E-state index is 14.3. The molecule has 1 amide bonds. The predicted octanol–water partition coefficient (Wildman–Crippen LogP) is 6.17. The molecule has 4 nitrogen and oxygen atoms in total. The number of halogens is 6. The number of alkyl halides is 3. The van der Waals surface area contributed by atoms with Gasteiger partial charge in [-0.05, 0) is 60.7 Å². The summed E-state index contributed by atoms with van der Waals surface area (Å²) in [5, 5.41) is 10.9. The molecular formula is C24H19Cl2F4N3O. The van der Waals surface area contributed by atoms with Gasteiger partial charge in [0.1, 0.15) is 5.41 Å². The van der Waals surface area contributed by atoms with E-state index in [1.807, 2.05) is 0 Å². The van der Waals surface area contributed by atoms with Crippen LogP contribution >= 0.6 is 23.2 Å². The molecule has 178 valence electrons. The summed E-state index contributed by atoms with van der Waals surface area (Å²) in [7, 11) is 0. The minimum absolute atomic E-state index is 0.213. The first-order valence-corrected chi connectivity index (χ1v) is 11.2. The lowest BCUT2D eigenvalue weighted by Gasteiger charge is -2.32. The van der Waals surface area contributed by atoms with Crippen LogP contribution in [0.3, 0.4) is 0 Å². The molecule has 2 aromatic carbocycles. The third-order valence-corrected chi connectivity index (χ3v) is 7.12. The highest BCUT2D eigenvalue weighted by atomic mass is 35.5. The Bertz CT molecular complexity index is 1220. The normalized spacial score (nSPS) is 21.1. The van der Waals surface area contributed by atoms with Gasteiger partial charge in [-0.15, -0.1) is 0 Å². The lowest BCUT2D eigenvalue weighted by atomic mass is 9.76. The van der Waals surface area contributed by atoms with Crippen LogP contribution in [0, 0.1) is 29.5 Å². The van der Waals surface area contributed by atoms with E-state index in [0.29, 0.717) is 16.7 Å². The second kappa shape index (κ2) is 8.54. The van der Waals surface area contributed by atoms with Crippen LogP contribution in [0.5, 0.6) is 0 Å². The standard InChI is InChI=1S/C24H19Cl2F4N3O/c1-13-6-14(2-3-16(13)21(34)33-11-22(10-31)4-5-22)19-9-23(12-32-19,24(28,29)30)15-7-17(25)20(27)18(26)8-15/h2-3,6-8H,4-5,9,11-12H2,1H3,(H,33,34). The van der Waals surface area contributed by atoms with Crippen molar-refractivity contribution < 1.29 is 22.4 Å². The van der Waals surface area contributed by atoms with E-state index >= 15 is 0 Å². The average Bonchev–Trinajstić information content (AvgIpc) is 3.41. The summed E-state index contributed by atoms with van der Waals surface area (Å²) in [5.74, 6) is -1.32. The molecule has 1 atom stereocenters. The van der Waals surface area contributed by atoms with Crippen molar-refractivity contribution in [1.29, 1.82) is 5.26 Å². The maximum Gasteiger partial charge on any atom is 0.400 e. The van der Waals surface area contributed by atoms with Gasteiger partial charge in [0.2, 0.25) is 0 Å². The first kappa shape index (κ1) is 24.5. The quantitative estimate of drug-likeness (QED) is 0.385. The van der Waals surface area contributed by atoms with Gasteiger partial charge in [-0.1, -0.05) is 29.3 Å². The summed E-state index contributed by atoms with van der Waals surface area (Å²) in [6, 6.07) is 8.79. The number of aliphatic imine (C=N–C) groups is 1. The van der Waals surface area contributed by atoms with Crippen LogP contribution in [0.2, 0.25) is 10.0 Å². The van der Waals surface area contributed by atoms with E-state index in [1.165, 1.54) is 6.07 Å². The van der Waals surface area contributed by atoms with Crippen LogP contribution in [-0.4, -0.2) is 30.9 Å². The van der Waals surface area contributed by atoms with E-state index < -0.39 is 45.8 Å². The molecule has 34 heavy (non-hydrogen) atoms. The van der Waals surface area contributed by atoms with Gasteiger partial charge in [0.05, 0.1) is 28.1 Å². The van der Waals surface area contributed by atoms with E-state index in [-0.39, 0.29) is 23.7 Å². The third kappa shape index (κ3) is 4.27. The van der Waals surface area contributed by atoms with Crippen molar-refractivity contribution in [3.8, 4) is 6.07 Å². The molecule has 0 aromatic heterocycles. The zero-order valence-electron chi connectivity index (χ0n) is 18.0. The van der Waals surface area contributed by atoms with E-state index in [2.05, 4.69) is 16.4 Å². The number of nitrogens with one attached hydrogen (secondary N) is 1. The van der Waals surface area contributed by atoms with Crippen molar-refractivity contribution in [2.75, 3.05) is 13.1 Å². The van der Waals surface area contributed by atoms with E-state index in [1.54, 1.807) is 19.1 Å². The minimum atomic E-state index is -4.70. The fourth-order valence-corrected chi connectivity index (χ4v) is 4.61. The Hall–Kier alpha value is -2.63. The van der Waals surface area contributed by atoms with Crippen molar-refractivity contribution in [2.24, 2.45) is 10.4 Å². The summed E-state index contributed by atoms with van der Waals surface area (Å²) in [4.78, 5) is 16.7. The van der Waals surface area contributed by atoms with Crippen molar-refractivity contribution in [1.82, 2.24) is 5.32 Å². The molecule has 2 aromatic rings. The molecule has 1 aliphatic heterocycles. The van der Waals surface area contributed by atoms with Crippen LogP contribution in [-0.2, 0) is 5.41 Å². The molecule has 1 unspecified atom stereocenters. The Labute approximate surface area is 203 Å². The van der Waals surface area contributed by atoms with Gasteiger partial charge in [-0.3, -0.25) is 9.79 Å². The van der Waals surface area contributed by atoms with E-state index in [4.69, 9.17) is 28.5 Å². The Morgan fingerprint density at radius 1 is 1.21 bits per heavy atom. The molecular weight excluding hydrogens is 493 g/mol. The Balaban J connectivity index is 1.58. The van der Waals surface area contributed by atoms with Crippen molar-refractivity contribution in [2.45, 2.75) is 37.8 Å². The number of nitrogens with zero attached hydrogens (tertiary/aromatic N) is 2. The summed E-state index contributed by atoms with van der Waals surface area (Å²) < 4.78 is 56.7. The zero-order chi connectivity index (χ0) is 24.9. The highest BCUT2D eigenvalue weighted by Crippen LogP contribution is 2.49. The van der Waals surface area contributed by atoms with Crippen LogP contribution in [0.25, 0.3) is 0 Å². The fourth-order valence-electron chi connectivity index (χ4n) is 4.12. The molecule has 0 radical (unpaired) electrons. The van der Waals surface area contributed by atoms with Crippen molar-refractivity contribution >= 4 is 34.8 Å². The number of carbonyl (C=O) groups is 1. The summed E-state index contributed by atoms with van der Waals surface area (Å²) in [6.07, 6.45) is -3.69. The van der Waals surface area contributed by atoms with E-state index in [9.17, 15) is 22.4 Å². The fraction of sp³-hybridized carbons (Fsp3) is 0.375. The zero-order valence-corrected chi connectivity index (χ0v) is 19.5. The number of amides is 1. The highest BCUT2D eigenvalue weighted by Gasteiger charge is 2.58. The first-order valence-electron chi connectivity index (χ1n) is 10.5. The third-order valence-electron chi connectivity index (χ3n) is 6.57. The van der Waals surface area contributed by atoms with Gasteiger partial charge in [0, 0.05) is 24.2 Å². The van der Waals surface area contributed by atoms with Crippen LogP contribution in [0.1, 0.15) is 46.3 Å². The van der Waals surface area contributed by atoms with E-state index in [0.717, 1.165) is 25.0 Å². The van der Waals surface area contributed by atoms with Crippen LogP contribution in [0.4, 0.5) is 17.6 Å². The highest BCUT2D eigenvalue weighted by molar-refractivity contribution is 6.35. The molecule has 4 rings (SSSR count). The SMILES string of the molecule is Cc1cc(C2=NCC(c3cc(Cl)c(F)c(Cl)c3)(C(F)(F)F)C2)ccc1C(=O)NCC1(C#N)CC1.